The zero-order valence-electron chi connectivity index (χ0n) is 9.84. The van der Waals surface area contributed by atoms with Crippen molar-refractivity contribution in [3.05, 3.63) is 28.8 Å². The van der Waals surface area contributed by atoms with Gasteiger partial charge in [0.25, 0.3) is 0 Å². The normalized spacial score (nSPS) is 10.8. The van der Waals surface area contributed by atoms with Gasteiger partial charge in [0.2, 0.25) is 0 Å². The van der Waals surface area contributed by atoms with Gasteiger partial charge in [0.1, 0.15) is 0 Å². The number of nitrogens with zero attached hydrogens (tertiary/aromatic N) is 1. The lowest BCUT2D eigenvalue weighted by Gasteiger charge is -2.19. The Kier molecular flexibility index (Phi) is 4.43. The largest absolute Gasteiger partial charge is 0.377 e. The number of anilines is 1. The van der Waals surface area contributed by atoms with Gasteiger partial charge in [-0.15, -0.1) is 0 Å². The van der Waals surface area contributed by atoms with Gasteiger partial charge in [-0.05, 0) is 12.1 Å². The van der Waals surface area contributed by atoms with E-state index in [0.717, 1.165) is 17.1 Å². The molecule has 0 bridgehead atoms. The van der Waals surface area contributed by atoms with Crippen molar-refractivity contribution in [3.8, 4) is 0 Å². The molecule has 0 aromatic heterocycles. The maximum Gasteiger partial charge on any atom is 0.0471 e. The highest BCUT2D eigenvalue weighted by atomic mass is 35.5. The van der Waals surface area contributed by atoms with Crippen LogP contribution in [0, 0.1) is 0 Å². The molecule has 2 nitrogen and oxygen atoms in total. The van der Waals surface area contributed by atoms with E-state index in [1.165, 1.54) is 5.69 Å². The summed E-state index contributed by atoms with van der Waals surface area (Å²) in [5.41, 5.74) is 2.34. The summed E-state index contributed by atoms with van der Waals surface area (Å²) in [6.45, 7) is 5.07. The second kappa shape index (κ2) is 5.38. The van der Waals surface area contributed by atoms with Gasteiger partial charge < -0.3 is 10.2 Å². The molecule has 1 aromatic rings. The number of rotatable bonds is 4. The first-order valence-corrected chi connectivity index (χ1v) is 5.58. The molecule has 0 atom stereocenters. The van der Waals surface area contributed by atoms with Crippen LogP contribution in [0.1, 0.15) is 19.4 Å². The van der Waals surface area contributed by atoms with Crippen LogP contribution >= 0.6 is 11.6 Å². The molecular weight excluding hydrogens is 208 g/mol. The summed E-state index contributed by atoms with van der Waals surface area (Å²) in [5, 5.41) is 4.21. The van der Waals surface area contributed by atoms with Gasteiger partial charge in [0.15, 0.2) is 0 Å². The molecular formula is C12H19ClN2. The molecule has 0 unspecified atom stereocenters. The maximum atomic E-state index is 6.19. The van der Waals surface area contributed by atoms with Crippen LogP contribution in [0.15, 0.2) is 18.2 Å². The van der Waals surface area contributed by atoms with Crippen LogP contribution in [-0.2, 0) is 6.54 Å². The molecule has 0 fully saturated rings. The van der Waals surface area contributed by atoms with Gasteiger partial charge in [0, 0.05) is 43.0 Å². The topological polar surface area (TPSA) is 15.3 Å². The van der Waals surface area contributed by atoms with E-state index < -0.39 is 0 Å². The van der Waals surface area contributed by atoms with Gasteiger partial charge in [0.05, 0.1) is 0 Å². The van der Waals surface area contributed by atoms with Crippen LogP contribution in [0.25, 0.3) is 0 Å². The predicted octanol–water partition coefficient (Wildman–Crippen LogP) is 2.90. The Morgan fingerprint density at radius 2 is 2.00 bits per heavy atom. The van der Waals surface area contributed by atoms with Crippen LogP contribution in [0.3, 0.4) is 0 Å². The third-order valence-corrected chi connectivity index (χ3v) is 2.62. The molecule has 3 heteroatoms. The Morgan fingerprint density at radius 3 is 2.53 bits per heavy atom. The molecule has 0 spiro atoms. The summed E-state index contributed by atoms with van der Waals surface area (Å²) in [6.07, 6.45) is 0. The third-order valence-electron chi connectivity index (χ3n) is 2.26. The minimum atomic E-state index is 0.469. The van der Waals surface area contributed by atoms with Crippen molar-refractivity contribution in [2.24, 2.45) is 0 Å². The molecule has 0 aliphatic carbocycles. The molecule has 0 aliphatic rings. The zero-order valence-corrected chi connectivity index (χ0v) is 10.6. The summed E-state index contributed by atoms with van der Waals surface area (Å²) < 4.78 is 0. The molecule has 0 saturated carbocycles. The van der Waals surface area contributed by atoms with Crippen molar-refractivity contribution < 1.29 is 0 Å². The SMILES string of the molecule is CC(C)NCc1c(Cl)cccc1N(C)C. The van der Waals surface area contributed by atoms with Gasteiger partial charge >= 0.3 is 0 Å². The minimum Gasteiger partial charge on any atom is -0.377 e. The third kappa shape index (κ3) is 3.40. The summed E-state index contributed by atoms with van der Waals surface area (Å²) in [6, 6.07) is 6.47. The van der Waals surface area contributed by atoms with E-state index in [4.69, 9.17) is 11.6 Å². The molecule has 0 radical (unpaired) electrons. The van der Waals surface area contributed by atoms with E-state index in [1.54, 1.807) is 0 Å². The van der Waals surface area contributed by atoms with Crippen LogP contribution in [0.2, 0.25) is 5.02 Å². The van der Waals surface area contributed by atoms with Crippen molar-refractivity contribution in [2.75, 3.05) is 19.0 Å². The highest BCUT2D eigenvalue weighted by Gasteiger charge is 2.08. The molecule has 0 saturated heterocycles. The van der Waals surface area contributed by atoms with Gasteiger partial charge in [-0.3, -0.25) is 0 Å². The monoisotopic (exact) mass is 226 g/mol. The molecule has 1 aromatic carbocycles. The van der Waals surface area contributed by atoms with E-state index in [1.807, 2.05) is 26.2 Å². The maximum absolute atomic E-state index is 6.19. The fraction of sp³-hybridized carbons (Fsp3) is 0.500. The molecule has 1 N–H and O–H groups in total. The predicted molar refractivity (Wildman–Crippen MR) is 67.8 cm³/mol. The highest BCUT2D eigenvalue weighted by molar-refractivity contribution is 6.31. The average molecular weight is 227 g/mol. The Morgan fingerprint density at radius 1 is 1.33 bits per heavy atom. The van der Waals surface area contributed by atoms with Crippen molar-refractivity contribution in [3.63, 3.8) is 0 Å². The van der Waals surface area contributed by atoms with Crippen LogP contribution < -0.4 is 10.2 Å². The molecule has 0 aliphatic heterocycles. The van der Waals surface area contributed by atoms with E-state index in [-0.39, 0.29) is 0 Å². The fourth-order valence-electron chi connectivity index (χ4n) is 1.45. The first-order valence-electron chi connectivity index (χ1n) is 5.20. The lowest BCUT2D eigenvalue weighted by Crippen LogP contribution is -2.23. The smallest absolute Gasteiger partial charge is 0.0471 e. The second-order valence-corrected chi connectivity index (χ2v) is 4.57. The fourth-order valence-corrected chi connectivity index (χ4v) is 1.68. The summed E-state index contributed by atoms with van der Waals surface area (Å²) in [7, 11) is 4.06. The summed E-state index contributed by atoms with van der Waals surface area (Å²) >= 11 is 6.19. The lowest BCUT2D eigenvalue weighted by atomic mass is 10.1. The van der Waals surface area contributed by atoms with Crippen molar-refractivity contribution in [1.82, 2.24) is 5.32 Å². The Hall–Kier alpha value is -0.730. The second-order valence-electron chi connectivity index (χ2n) is 4.17. The number of hydrogen-bond donors (Lipinski definition) is 1. The van der Waals surface area contributed by atoms with Crippen LogP contribution in [0.4, 0.5) is 5.69 Å². The van der Waals surface area contributed by atoms with E-state index in [2.05, 4.69) is 30.1 Å². The number of hydrogen-bond acceptors (Lipinski definition) is 2. The molecule has 0 amide bonds. The molecule has 1 rings (SSSR count). The first kappa shape index (κ1) is 12.3. The van der Waals surface area contributed by atoms with Gasteiger partial charge in [-0.25, -0.2) is 0 Å². The van der Waals surface area contributed by atoms with Crippen LogP contribution in [0.5, 0.6) is 0 Å². The quantitative estimate of drug-likeness (QED) is 0.850. The van der Waals surface area contributed by atoms with Gasteiger partial charge in [-0.1, -0.05) is 31.5 Å². The first-order chi connectivity index (χ1) is 7.02. The lowest BCUT2D eigenvalue weighted by molar-refractivity contribution is 0.589. The number of nitrogens with one attached hydrogen (secondary N) is 1. The minimum absolute atomic E-state index is 0.469. The number of benzene rings is 1. The average Bonchev–Trinajstić information content (AvgIpc) is 2.15. The van der Waals surface area contributed by atoms with Crippen LogP contribution in [-0.4, -0.2) is 20.1 Å². The van der Waals surface area contributed by atoms with Crippen molar-refractivity contribution >= 4 is 17.3 Å². The summed E-state index contributed by atoms with van der Waals surface area (Å²) in [5.74, 6) is 0. The standard InChI is InChI=1S/C12H19ClN2/c1-9(2)14-8-10-11(13)6-5-7-12(10)15(3)4/h5-7,9,14H,8H2,1-4H3. The van der Waals surface area contributed by atoms with Gasteiger partial charge in [-0.2, -0.15) is 0 Å². The van der Waals surface area contributed by atoms with E-state index in [9.17, 15) is 0 Å². The molecule has 0 heterocycles. The summed E-state index contributed by atoms with van der Waals surface area (Å²) in [4.78, 5) is 2.09. The number of halogens is 1. The Labute approximate surface area is 97.2 Å². The highest BCUT2D eigenvalue weighted by Crippen LogP contribution is 2.26. The van der Waals surface area contributed by atoms with E-state index >= 15 is 0 Å². The van der Waals surface area contributed by atoms with Crippen molar-refractivity contribution in [2.45, 2.75) is 26.4 Å². The molecule has 84 valence electrons. The zero-order chi connectivity index (χ0) is 11.4. The Balaban J connectivity index is 2.92. The van der Waals surface area contributed by atoms with E-state index in [0.29, 0.717) is 6.04 Å². The van der Waals surface area contributed by atoms with Crippen molar-refractivity contribution in [1.29, 1.82) is 0 Å². The molecule has 15 heavy (non-hydrogen) atoms. The Bertz CT molecular complexity index is 321.